The van der Waals surface area contributed by atoms with Gasteiger partial charge in [0.2, 0.25) is 0 Å². The number of nitrogens with zero attached hydrogens (tertiary/aromatic N) is 1. The van der Waals surface area contributed by atoms with Gasteiger partial charge < -0.3 is 4.55 Å². The van der Waals surface area contributed by atoms with Crippen LogP contribution >= 0.6 is 0 Å². The van der Waals surface area contributed by atoms with Gasteiger partial charge in [-0.3, -0.25) is 4.21 Å². The summed E-state index contributed by atoms with van der Waals surface area (Å²) in [6.45, 7) is 13.7. The Labute approximate surface area is 102 Å². The Bertz CT molecular complexity index is 278. The minimum atomic E-state index is -2.09. The summed E-state index contributed by atoms with van der Waals surface area (Å²) in [6.07, 6.45) is 0.972. The molecule has 0 aromatic rings. The van der Waals surface area contributed by atoms with Crippen molar-refractivity contribution in [2.75, 3.05) is 6.54 Å². The van der Waals surface area contributed by atoms with Gasteiger partial charge in [0.15, 0.2) is 0 Å². The summed E-state index contributed by atoms with van der Waals surface area (Å²) >= 11 is -2.09. The lowest BCUT2D eigenvalue weighted by Gasteiger charge is -2.43. The Morgan fingerprint density at radius 2 is 1.62 bits per heavy atom. The zero-order valence-corrected chi connectivity index (χ0v) is 12.1. The minimum absolute atomic E-state index is 0.00544. The second kappa shape index (κ2) is 4.39. The summed E-state index contributed by atoms with van der Waals surface area (Å²) in [5.74, 6) is 0.436. The third kappa shape index (κ3) is 2.84. The highest BCUT2D eigenvalue weighted by Gasteiger charge is 2.46. The summed E-state index contributed by atoms with van der Waals surface area (Å²) in [6, 6.07) is 0.117. The summed E-state index contributed by atoms with van der Waals surface area (Å²) in [7, 11) is 0. The lowest BCUT2D eigenvalue weighted by Crippen LogP contribution is -2.46. The fourth-order valence-electron chi connectivity index (χ4n) is 2.87. The lowest BCUT2D eigenvalue weighted by molar-refractivity contribution is 0.105. The van der Waals surface area contributed by atoms with E-state index in [4.69, 9.17) is 0 Å². The third-order valence-electron chi connectivity index (χ3n) is 3.54. The molecule has 0 spiro atoms. The van der Waals surface area contributed by atoms with Crippen molar-refractivity contribution in [3.05, 3.63) is 0 Å². The molecule has 0 radical (unpaired) electrons. The normalized spacial score (nSPS) is 30.7. The van der Waals surface area contributed by atoms with Crippen molar-refractivity contribution >= 4 is 11.3 Å². The monoisotopic (exact) mass is 246 g/mol. The van der Waals surface area contributed by atoms with Crippen LogP contribution in [0, 0.1) is 16.7 Å². The van der Waals surface area contributed by atoms with Gasteiger partial charge in [0.05, 0.1) is 0 Å². The Balaban J connectivity index is 3.03. The topological polar surface area (TPSA) is 43.4 Å². The molecule has 0 bridgehead atoms. The molecule has 0 N–H and O–H groups in total. The van der Waals surface area contributed by atoms with E-state index in [1.807, 2.05) is 0 Å². The van der Waals surface area contributed by atoms with Gasteiger partial charge in [0.25, 0.3) is 0 Å². The van der Waals surface area contributed by atoms with Crippen LogP contribution in [-0.2, 0) is 11.3 Å². The van der Waals surface area contributed by atoms with Crippen LogP contribution in [0.25, 0.3) is 0 Å². The van der Waals surface area contributed by atoms with Crippen molar-refractivity contribution in [2.24, 2.45) is 16.7 Å². The molecule has 3 atom stereocenters. The zero-order chi connectivity index (χ0) is 12.7. The van der Waals surface area contributed by atoms with E-state index in [2.05, 4.69) is 41.5 Å². The van der Waals surface area contributed by atoms with E-state index in [1.54, 1.807) is 4.31 Å². The van der Waals surface area contributed by atoms with E-state index in [-0.39, 0.29) is 16.9 Å². The van der Waals surface area contributed by atoms with E-state index in [1.165, 1.54) is 0 Å². The summed E-state index contributed by atoms with van der Waals surface area (Å²) in [4.78, 5) is 0. The van der Waals surface area contributed by atoms with Gasteiger partial charge in [-0.2, -0.15) is 0 Å². The fraction of sp³-hybridized carbons (Fsp3) is 1.00. The molecule has 4 heteroatoms. The Morgan fingerprint density at radius 1 is 1.12 bits per heavy atom. The fourth-order valence-corrected chi connectivity index (χ4v) is 3.78. The highest BCUT2D eigenvalue weighted by atomic mass is 32.2. The van der Waals surface area contributed by atoms with Gasteiger partial charge in [0, 0.05) is 23.9 Å². The van der Waals surface area contributed by atoms with E-state index in [0.29, 0.717) is 12.5 Å². The van der Waals surface area contributed by atoms with Crippen LogP contribution in [0.5, 0.6) is 0 Å². The van der Waals surface area contributed by atoms with Crippen LogP contribution < -0.4 is 0 Å². The van der Waals surface area contributed by atoms with Gasteiger partial charge in [-0.1, -0.05) is 41.5 Å². The molecule has 0 saturated carbocycles. The molecule has 0 amide bonds. The number of hydrogen-bond acceptors (Lipinski definition) is 2. The quantitative estimate of drug-likeness (QED) is 0.667. The van der Waals surface area contributed by atoms with Gasteiger partial charge >= 0.3 is 0 Å². The summed E-state index contributed by atoms with van der Waals surface area (Å²) in [5, 5.41) is 0. The first-order valence-corrected chi connectivity index (χ1v) is 6.94. The van der Waals surface area contributed by atoms with Crippen molar-refractivity contribution in [1.29, 1.82) is 0 Å². The molecule has 0 aliphatic carbocycles. The summed E-state index contributed by atoms with van der Waals surface area (Å²) in [5.41, 5.74) is 0.153. The molecule has 3 unspecified atom stereocenters. The lowest BCUT2D eigenvalue weighted by atomic mass is 9.69. The SMILES string of the molecule is CC(C)(C)C1CCN(S(=O)[O-])C1C(C)(C)C. The van der Waals surface area contributed by atoms with E-state index >= 15 is 0 Å². The van der Waals surface area contributed by atoms with Crippen molar-refractivity contribution in [3.63, 3.8) is 0 Å². The summed E-state index contributed by atoms with van der Waals surface area (Å²) < 4.78 is 24.1. The first-order valence-electron chi connectivity index (χ1n) is 5.91. The van der Waals surface area contributed by atoms with Gasteiger partial charge in [-0.15, -0.1) is 0 Å². The molecule has 16 heavy (non-hydrogen) atoms. The van der Waals surface area contributed by atoms with Crippen LogP contribution in [0.3, 0.4) is 0 Å². The molecule has 0 aromatic carbocycles. The zero-order valence-electron chi connectivity index (χ0n) is 11.2. The van der Waals surface area contributed by atoms with Crippen molar-refractivity contribution < 1.29 is 8.76 Å². The van der Waals surface area contributed by atoms with Crippen LogP contribution in [0.1, 0.15) is 48.0 Å². The molecule has 1 heterocycles. The van der Waals surface area contributed by atoms with Crippen molar-refractivity contribution in [1.82, 2.24) is 4.31 Å². The molecule has 1 saturated heterocycles. The van der Waals surface area contributed by atoms with E-state index < -0.39 is 11.3 Å². The maximum atomic E-state index is 11.3. The average Bonchev–Trinajstić information content (AvgIpc) is 2.43. The second-order valence-electron chi connectivity index (χ2n) is 6.93. The largest absolute Gasteiger partial charge is 0.760 e. The van der Waals surface area contributed by atoms with Gasteiger partial charge in [-0.25, -0.2) is 4.31 Å². The van der Waals surface area contributed by atoms with E-state index in [0.717, 1.165) is 6.42 Å². The number of hydrogen-bond donors (Lipinski definition) is 0. The molecule has 1 fully saturated rings. The average molecular weight is 246 g/mol. The third-order valence-corrected chi connectivity index (χ3v) is 4.34. The maximum Gasteiger partial charge on any atom is 0.0297 e. The number of rotatable bonds is 1. The Morgan fingerprint density at radius 3 is 1.94 bits per heavy atom. The first kappa shape index (κ1) is 14.1. The minimum Gasteiger partial charge on any atom is -0.760 e. The van der Waals surface area contributed by atoms with Gasteiger partial charge in [-0.05, 0) is 23.2 Å². The second-order valence-corrected chi connectivity index (χ2v) is 7.83. The standard InChI is InChI=1S/C12H25NO2S/c1-11(2,3)9-7-8-13(16(14)15)10(9)12(4,5)6/h9-10H,7-8H2,1-6H3,(H,14,15)/p-1. The first-order chi connectivity index (χ1) is 7.05. The Hall–Kier alpha value is 0.0700. The molecular weight excluding hydrogens is 222 g/mol. The van der Waals surface area contributed by atoms with Gasteiger partial charge in [0.1, 0.15) is 0 Å². The maximum absolute atomic E-state index is 11.3. The molecular formula is C12H24NO2S-. The van der Waals surface area contributed by atoms with Crippen LogP contribution in [0.4, 0.5) is 0 Å². The Kier molecular flexibility index (Phi) is 3.88. The van der Waals surface area contributed by atoms with Crippen LogP contribution in [0.2, 0.25) is 0 Å². The molecule has 0 aromatic heterocycles. The molecule has 96 valence electrons. The highest BCUT2D eigenvalue weighted by Crippen LogP contribution is 2.45. The van der Waals surface area contributed by atoms with E-state index in [9.17, 15) is 8.76 Å². The van der Waals surface area contributed by atoms with Crippen LogP contribution in [-0.4, -0.2) is 25.7 Å². The van der Waals surface area contributed by atoms with Crippen molar-refractivity contribution in [3.8, 4) is 0 Å². The van der Waals surface area contributed by atoms with Crippen molar-refractivity contribution in [2.45, 2.75) is 54.0 Å². The highest BCUT2D eigenvalue weighted by molar-refractivity contribution is 7.76. The van der Waals surface area contributed by atoms with Crippen LogP contribution in [0.15, 0.2) is 0 Å². The molecule has 1 aliphatic rings. The molecule has 3 nitrogen and oxygen atoms in total. The predicted octanol–water partition coefficient (Wildman–Crippen LogP) is 2.56. The molecule has 1 aliphatic heterocycles. The molecule has 1 rings (SSSR count). The smallest absolute Gasteiger partial charge is 0.0297 e. The predicted molar refractivity (Wildman–Crippen MR) is 66.4 cm³/mol.